The standard InChI is InChI=1S/C24H31NO4/c1-3-29-23(21-10-5-4-6-11-21)18-25(16-8-7-9-19(2)26)17-20-12-14-22(15-13-20)24(27)28/h4-6,10-15,23H,3,7-9,16-18H2,1-2H3,(H,27,28). The summed E-state index contributed by atoms with van der Waals surface area (Å²) in [6.07, 6.45) is 2.37. The maximum absolute atomic E-state index is 11.2. The van der Waals surface area contributed by atoms with Crippen LogP contribution in [-0.4, -0.2) is 41.5 Å². The van der Waals surface area contributed by atoms with Crippen LogP contribution in [0.2, 0.25) is 0 Å². The van der Waals surface area contributed by atoms with E-state index in [1.807, 2.05) is 37.3 Å². The van der Waals surface area contributed by atoms with E-state index in [1.165, 1.54) is 0 Å². The van der Waals surface area contributed by atoms with E-state index in [-0.39, 0.29) is 11.9 Å². The second-order valence-corrected chi connectivity index (χ2v) is 7.25. The maximum atomic E-state index is 11.2. The Bertz CT molecular complexity index is 758. The number of ketones is 1. The lowest BCUT2D eigenvalue weighted by atomic mass is 10.1. The zero-order valence-corrected chi connectivity index (χ0v) is 17.3. The van der Waals surface area contributed by atoms with Crippen LogP contribution < -0.4 is 0 Å². The van der Waals surface area contributed by atoms with Gasteiger partial charge in [-0.05, 0) is 56.5 Å². The number of Topliss-reactive ketones (excluding diaryl/α,β-unsaturated/α-hetero) is 1. The highest BCUT2D eigenvalue weighted by Gasteiger charge is 2.17. The number of ether oxygens (including phenoxy) is 1. The van der Waals surface area contributed by atoms with Crippen molar-refractivity contribution in [1.29, 1.82) is 0 Å². The zero-order valence-electron chi connectivity index (χ0n) is 17.3. The number of carboxylic acids is 1. The van der Waals surface area contributed by atoms with Crippen molar-refractivity contribution in [2.45, 2.75) is 45.8 Å². The molecule has 0 saturated carbocycles. The van der Waals surface area contributed by atoms with Gasteiger partial charge in [-0.2, -0.15) is 0 Å². The maximum Gasteiger partial charge on any atom is 0.335 e. The molecule has 156 valence electrons. The highest BCUT2D eigenvalue weighted by molar-refractivity contribution is 5.87. The number of hydrogen-bond donors (Lipinski definition) is 1. The van der Waals surface area contributed by atoms with Crippen LogP contribution in [0.5, 0.6) is 0 Å². The highest BCUT2D eigenvalue weighted by atomic mass is 16.5. The van der Waals surface area contributed by atoms with Crippen LogP contribution in [0.3, 0.4) is 0 Å². The molecule has 0 aliphatic rings. The fourth-order valence-corrected chi connectivity index (χ4v) is 3.31. The molecule has 0 saturated heterocycles. The van der Waals surface area contributed by atoms with Crippen LogP contribution in [0.1, 0.15) is 60.7 Å². The Labute approximate surface area is 173 Å². The molecule has 0 amide bonds. The molecule has 1 N–H and O–H groups in total. The SMILES string of the molecule is CCOC(CN(CCCCC(C)=O)Cc1ccc(C(=O)O)cc1)c1ccccc1. The number of carboxylic acid groups (broad SMARTS) is 1. The number of aromatic carboxylic acids is 1. The summed E-state index contributed by atoms with van der Waals surface area (Å²) >= 11 is 0. The largest absolute Gasteiger partial charge is 0.478 e. The number of hydrogen-bond acceptors (Lipinski definition) is 4. The lowest BCUT2D eigenvalue weighted by Crippen LogP contribution is -2.30. The van der Waals surface area contributed by atoms with Crippen LogP contribution in [-0.2, 0) is 16.1 Å². The van der Waals surface area contributed by atoms with Gasteiger partial charge in [0.15, 0.2) is 0 Å². The van der Waals surface area contributed by atoms with Crippen molar-refractivity contribution in [2.75, 3.05) is 19.7 Å². The fraction of sp³-hybridized carbons (Fsp3) is 0.417. The predicted octanol–water partition coefficient (Wildman–Crippen LogP) is 4.72. The summed E-state index contributed by atoms with van der Waals surface area (Å²) in [6, 6.07) is 17.2. The third-order valence-corrected chi connectivity index (χ3v) is 4.82. The van der Waals surface area contributed by atoms with Crippen LogP contribution in [0.15, 0.2) is 54.6 Å². The molecule has 5 nitrogen and oxygen atoms in total. The first-order chi connectivity index (χ1) is 14.0. The summed E-state index contributed by atoms with van der Waals surface area (Å²) in [4.78, 5) is 24.6. The third-order valence-electron chi connectivity index (χ3n) is 4.82. The Hall–Kier alpha value is -2.50. The van der Waals surface area contributed by atoms with Crippen molar-refractivity contribution in [3.8, 4) is 0 Å². The Morgan fingerprint density at radius 2 is 1.72 bits per heavy atom. The molecule has 2 aromatic carbocycles. The van der Waals surface area contributed by atoms with Gasteiger partial charge in [0.2, 0.25) is 0 Å². The molecule has 0 heterocycles. The summed E-state index contributed by atoms with van der Waals surface area (Å²) in [5, 5.41) is 9.10. The third kappa shape index (κ3) is 8.18. The molecule has 0 aromatic heterocycles. The second-order valence-electron chi connectivity index (χ2n) is 7.25. The van der Waals surface area contributed by atoms with Gasteiger partial charge in [0.25, 0.3) is 0 Å². The van der Waals surface area contributed by atoms with Crippen LogP contribution >= 0.6 is 0 Å². The van der Waals surface area contributed by atoms with Crippen LogP contribution in [0, 0.1) is 0 Å². The Balaban J connectivity index is 2.09. The van der Waals surface area contributed by atoms with Gasteiger partial charge in [0.05, 0.1) is 11.7 Å². The summed E-state index contributed by atoms with van der Waals surface area (Å²) < 4.78 is 6.02. The average molecular weight is 398 g/mol. The molecule has 0 bridgehead atoms. The van der Waals surface area contributed by atoms with Crippen molar-refractivity contribution in [1.82, 2.24) is 4.90 Å². The van der Waals surface area contributed by atoms with Crippen molar-refractivity contribution >= 4 is 11.8 Å². The Morgan fingerprint density at radius 1 is 1.03 bits per heavy atom. The number of nitrogens with zero attached hydrogens (tertiary/aromatic N) is 1. The minimum atomic E-state index is -0.918. The summed E-state index contributed by atoms with van der Waals surface area (Å²) in [5.74, 6) is -0.699. The van der Waals surface area contributed by atoms with Gasteiger partial charge in [0.1, 0.15) is 5.78 Å². The number of benzene rings is 2. The first kappa shape index (κ1) is 22.8. The molecule has 0 spiro atoms. The minimum absolute atomic E-state index is 0.0349. The van der Waals surface area contributed by atoms with Gasteiger partial charge < -0.3 is 14.6 Å². The number of rotatable bonds is 13. The summed E-state index contributed by atoms with van der Waals surface area (Å²) in [6.45, 7) is 6.55. The number of unbranched alkanes of at least 4 members (excludes halogenated alkanes) is 1. The van der Waals surface area contributed by atoms with Crippen molar-refractivity contribution in [3.05, 3.63) is 71.3 Å². The molecule has 1 unspecified atom stereocenters. The van der Waals surface area contributed by atoms with E-state index >= 15 is 0 Å². The average Bonchev–Trinajstić information content (AvgIpc) is 2.71. The lowest BCUT2D eigenvalue weighted by molar-refractivity contribution is -0.117. The zero-order chi connectivity index (χ0) is 21.1. The van der Waals surface area contributed by atoms with E-state index in [9.17, 15) is 9.59 Å². The quantitative estimate of drug-likeness (QED) is 0.495. The van der Waals surface area contributed by atoms with E-state index in [2.05, 4.69) is 17.0 Å². The van der Waals surface area contributed by atoms with E-state index in [1.54, 1.807) is 19.1 Å². The first-order valence-electron chi connectivity index (χ1n) is 10.2. The van der Waals surface area contributed by atoms with E-state index in [4.69, 9.17) is 9.84 Å². The second kappa shape index (κ2) is 12.1. The molecule has 0 radical (unpaired) electrons. The Morgan fingerprint density at radius 3 is 2.31 bits per heavy atom. The lowest BCUT2D eigenvalue weighted by Gasteiger charge is -2.28. The van der Waals surface area contributed by atoms with Gasteiger partial charge in [-0.15, -0.1) is 0 Å². The van der Waals surface area contributed by atoms with Crippen molar-refractivity contribution in [2.24, 2.45) is 0 Å². The van der Waals surface area contributed by atoms with Gasteiger partial charge in [-0.1, -0.05) is 42.5 Å². The van der Waals surface area contributed by atoms with Gasteiger partial charge in [-0.3, -0.25) is 4.90 Å². The van der Waals surface area contributed by atoms with E-state index in [0.717, 1.165) is 37.1 Å². The van der Waals surface area contributed by atoms with Crippen LogP contribution in [0.4, 0.5) is 0 Å². The van der Waals surface area contributed by atoms with E-state index < -0.39 is 5.97 Å². The van der Waals surface area contributed by atoms with Crippen molar-refractivity contribution < 1.29 is 19.4 Å². The van der Waals surface area contributed by atoms with E-state index in [0.29, 0.717) is 25.1 Å². The molecule has 5 heteroatoms. The molecule has 0 aliphatic carbocycles. The highest BCUT2D eigenvalue weighted by Crippen LogP contribution is 2.20. The first-order valence-corrected chi connectivity index (χ1v) is 10.2. The van der Waals surface area contributed by atoms with Gasteiger partial charge in [-0.25, -0.2) is 4.79 Å². The smallest absolute Gasteiger partial charge is 0.335 e. The summed E-state index contributed by atoms with van der Waals surface area (Å²) in [5.41, 5.74) is 2.49. The summed E-state index contributed by atoms with van der Waals surface area (Å²) in [7, 11) is 0. The predicted molar refractivity (Wildman–Crippen MR) is 114 cm³/mol. The molecule has 0 aliphatic heterocycles. The van der Waals surface area contributed by atoms with Crippen molar-refractivity contribution in [3.63, 3.8) is 0 Å². The molecule has 1 atom stereocenters. The molecule has 2 rings (SSSR count). The molecule has 0 fully saturated rings. The van der Waals surface area contributed by atoms with Gasteiger partial charge in [0, 0.05) is 26.1 Å². The number of carbonyl (C=O) groups is 2. The molecular weight excluding hydrogens is 366 g/mol. The van der Waals surface area contributed by atoms with Crippen LogP contribution in [0.25, 0.3) is 0 Å². The minimum Gasteiger partial charge on any atom is -0.478 e. The van der Waals surface area contributed by atoms with Gasteiger partial charge >= 0.3 is 5.97 Å². The number of carbonyl (C=O) groups excluding carboxylic acids is 1. The molecule has 2 aromatic rings. The monoisotopic (exact) mass is 397 g/mol. The Kier molecular flexibility index (Phi) is 9.54. The normalized spacial score (nSPS) is 12.1. The topological polar surface area (TPSA) is 66.8 Å². The molecule has 29 heavy (non-hydrogen) atoms. The molecular formula is C24H31NO4. The fourth-order valence-electron chi connectivity index (χ4n) is 3.31.